The Kier molecular flexibility index (Phi) is 3.63. The molecule has 0 spiro atoms. The number of hydrogen-bond acceptors (Lipinski definition) is 4. The third-order valence-electron chi connectivity index (χ3n) is 4.59. The fourth-order valence-electron chi connectivity index (χ4n) is 3.53. The second-order valence-electron chi connectivity index (χ2n) is 6.04. The molecule has 124 valence electrons. The molecular weight excluding hydrogens is 426 g/mol. The van der Waals surface area contributed by atoms with Crippen LogP contribution in [0.4, 0.5) is 10.2 Å². The lowest BCUT2D eigenvalue weighted by Gasteiger charge is -2.31. The van der Waals surface area contributed by atoms with Crippen molar-refractivity contribution < 1.29 is 13.7 Å². The molecule has 0 amide bonds. The average molecular weight is 440 g/mol. The summed E-state index contributed by atoms with van der Waals surface area (Å²) in [5.41, 5.74) is 2.10. The molecule has 1 aromatic carbocycles. The van der Waals surface area contributed by atoms with Crippen LogP contribution < -0.4 is 10.9 Å². The minimum absolute atomic E-state index is 0.0296. The van der Waals surface area contributed by atoms with Gasteiger partial charge in [0.25, 0.3) is 0 Å². The Labute approximate surface area is 150 Å². The molecule has 0 bridgehead atoms. The summed E-state index contributed by atoms with van der Waals surface area (Å²) < 4.78 is 20.7. The number of allylic oxidation sites excluding steroid dienone is 2. The smallest absolute Gasteiger partial charge is 0.342 e. The van der Waals surface area contributed by atoms with Crippen LogP contribution in [0.5, 0.6) is 0 Å². The normalized spacial score (nSPS) is 19.8. The summed E-state index contributed by atoms with van der Waals surface area (Å²) in [4.78, 5) is 24.9. The highest BCUT2D eigenvalue weighted by molar-refractivity contribution is 14.1. The van der Waals surface area contributed by atoms with Crippen LogP contribution in [0.2, 0.25) is 0 Å². The first-order valence-corrected chi connectivity index (χ1v) is 8.73. The Balaban J connectivity index is 2.00. The monoisotopic (exact) mass is 440 g/mol. The largest absolute Gasteiger partial charge is 0.363 e. The highest BCUT2D eigenvalue weighted by Crippen LogP contribution is 2.44. The van der Waals surface area contributed by atoms with E-state index < -0.39 is 11.5 Å². The van der Waals surface area contributed by atoms with Crippen molar-refractivity contribution in [2.24, 2.45) is 7.05 Å². The third-order valence-corrected chi connectivity index (χ3v) is 5.42. The molecule has 1 N–H and O–H groups in total. The first-order valence-electron chi connectivity index (χ1n) is 7.65. The van der Waals surface area contributed by atoms with E-state index in [0.29, 0.717) is 26.9 Å². The van der Waals surface area contributed by atoms with Crippen LogP contribution in [0.3, 0.4) is 0 Å². The SMILES string of the molecule is Cn1oc(=O)c2c1NC1=C(C(=O)CCC1)C2c1ccc(F)c(I)c1. The summed E-state index contributed by atoms with van der Waals surface area (Å²) in [7, 11) is 1.65. The molecule has 0 saturated carbocycles. The van der Waals surface area contributed by atoms with Crippen LogP contribution in [0, 0.1) is 9.39 Å². The van der Waals surface area contributed by atoms with E-state index in [4.69, 9.17) is 4.52 Å². The second-order valence-corrected chi connectivity index (χ2v) is 7.20. The van der Waals surface area contributed by atoms with Gasteiger partial charge in [0.15, 0.2) is 11.6 Å². The van der Waals surface area contributed by atoms with E-state index in [0.717, 1.165) is 24.1 Å². The zero-order chi connectivity index (χ0) is 17.0. The van der Waals surface area contributed by atoms with Crippen LogP contribution in [0.15, 0.2) is 38.8 Å². The van der Waals surface area contributed by atoms with Gasteiger partial charge in [0.1, 0.15) is 5.82 Å². The van der Waals surface area contributed by atoms with Gasteiger partial charge in [-0.3, -0.25) is 4.79 Å². The van der Waals surface area contributed by atoms with Gasteiger partial charge in [-0.1, -0.05) is 6.07 Å². The van der Waals surface area contributed by atoms with Crippen molar-refractivity contribution in [3.63, 3.8) is 0 Å². The van der Waals surface area contributed by atoms with Gasteiger partial charge in [0.2, 0.25) is 0 Å². The van der Waals surface area contributed by atoms with Crippen LogP contribution in [-0.4, -0.2) is 10.5 Å². The summed E-state index contributed by atoms with van der Waals surface area (Å²) in [6.45, 7) is 0. The molecule has 1 unspecified atom stereocenters. The van der Waals surface area contributed by atoms with Crippen molar-refractivity contribution in [2.45, 2.75) is 25.2 Å². The Morgan fingerprint density at radius 3 is 2.88 bits per heavy atom. The number of hydrogen-bond donors (Lipinski definition) is 1. The van der Waals surface area contributed by atoms with E-state index in [1.54, 1.807) is 19.2 Å². The first-order chi connectivity index (χ1) is 11.5. The quantitative estimate of drug-likeness (QED) is 0.692. The lowest BCUT2D eigenvalue weighted by atomic mass is 9.77. The lowest BCUT2D eigenvalue weighted by Crippen LogP contribution is -2.29. The first kappa shape index (κ1) is 15.6. The zero-order valence-electron chi connectivity index (χ0n) is 12.9. The Bertz CT molecular complexity index is 957. The van der Waals surface area contributed by atoms with Crippen LogP contribution in [0.25, 0.3) is 0 Å². The van der Waals surface area contributed by atoms with Gasteiger partial charge in [-0.05, 0) is 53.1 Å². The number of benzene rings is 1. The van der Waals surface area contributed by atoms with Gasteiger partial charge < -0.3 is 9.84 Å². The summed E-state index contributed by atoms with van der Waals surface area (Å²) in [6.07, 6.45) is 1.98. The van der Waals surface area contributed by atoms with Gasteiger partial charge in [0.05, 0.1) is 11.5 Å². The van der Waals surface area contributed by atoms with Gasteiger partial charge in [-0.15, -0.1) is 0 Å². The van der Waals surface area contributed by atoms with Gasteiger partial charge in [-0.2, -0.15) is 4.74 Å². The Morgan fingerprint density at radius 2 is 2.12 bits per heavy atom. The maximum absolute atomic E-state index is 13.7. The van der Waals surface area contributed by atoms with Gasteiger partial charge in [0, 0.05) is 28.3 Å². The summed E-state index contributed by atoms with van der Waals surface area (Å²) >= 11 is 1.91. The number of halogens is 2. The van der Waals surface area contributed by atoms with E-state index in [-0.39, 0.29) is 11.6 Å². The van der Waals surface area contributed by atoms with Crippen molar-refractivity contribution in [3.8, 4) is 0 Å². The highest BCUT2D eigenvalue weighted by atomic mass is 127. The number of aryl methyl sites for hydroxylation is 1. The molecule has 2 heterocycles. The molecule has 2 aliphatic rings. The third kappa shape index (κ3) is 2.25. The minimum atomic E-state index is -0.518. The molecule has 1 aliphatic heterocycles. The van der Waals surface area contributed by atoms with E-state index >= 15 is 0 Å². The predicted molar refractivity (Wildman–Crippen MR) is 94.4 cm³/mol. The number of carbonyl (C=O) groups excluding carboxylic acids is 1. The zero-order valence-corrected chi connectivity index (χ0v) is 15.0. The number of nitrogens with zero attached hydrogens (tertiary/aromatic N) is 1. The molecule has 0 radical (unpaired) electrons. The van der Waals surface area contributed by atoms with Crippen molar-refractivity contribution in [3.05, 3.63) is 60.4 Å². The van der Waals surface area contributed by atoms with Gasteiger partial charge in [-0.25, -0.2) is 9.18 Å². The van der Waals surface area contributed by atoms with Crippen LogP contribution >= 0.6 is 22.6 Å². The maximum atomic E-state index is 13.7. The van der Waals surface area contributed by atoms with Crippen molar-refractivity contribution >= 4 is 34.2 Å². The lowest BCUT2D eigenvalue weighted by molar-refractivity contribution is -0.116. The number of carbonyl (C=O) groups is 1. The molecular formula is C17H14FIN2O3. The maximum Gasteiger partial charge on any atom is 0.363 e. The number of rotatable bonds is 1. The molecule has 2 aromatic rings. The number of Topliss-reactive ketones (excluding diaryl/α,β-unsaturated/α-hetero) is 1. The predicted octanol–water partition coefficient (Wildman–Crippen LogP) is 3.29. The van der Waals surface area contributed by atoms with Crippen LogP contribution in [0.1, 0.15) is 36.3 Å². The average Bonchev–Trinajstić information content (AvgIpc) is 2.83. The van der Waals surface area contributed by atoms with Crippen molar-refractivity contribution in [2.75, 3.05) is 5.32 Å². The standard InChI is InChI=1S/C17H14FIN2O3/c1-21-16-15(17(23)24-21)13(8-5-6-9(18)10(19)7-8)14-11(20-16)3-2-4-12(14)22/h5-7,13,20H,2-4H2,1H3. The summed E-state index contributed by atoms with van der Waals surface area (Å²) in [5, 5.41) is 3.20. The number of aromatic nitrogens is 1. The molecule has 4 rings (SSSR count). The number of anilines is 1. The fourth-order valence-corrected chi connectivity index (χ4v) is 4.07. The number of fused-ring (bicyclic) bond motifs is 1. The van der Waals surface area contributed by atoms with Crippen molar-refractivity contribution in [1.29, 1.82) is 0 Å². The highest BCUT2D eigenvalue weighted by Gasteiger charge is 2.39. The molecule has 1 aromatic heterocycles. The number of nitrogens with one attached hydrogen (secondary N) is 1. The Morgan fingerprint density at radius 1 is 1.33 bits per heavy atom. The molecule has 1 aliphatic carbocycles. The second kappa shape index (κ2) is 5.58. The molecule has 5 nitrogen and oxygen atoms in total. The molecule has 0 fully saturated rings. The molecule has 0 saturated heterocycles. The number of ketones is 1. The van der Waals surface area contributed by atoms with E-state index in [9.17, 15) is 14.0 Å². The van der Waals surface area contributed by atoms with E-state index in [1.165, 1.54) is 10.8 Å². The van der Waals surface area contributed by atoms with E-state index in [1.807, 2.05) is 22.6 Å². The van der Waals surface area contributed by atoms with Crippen molar-refractivity contribution in [1.82, 2.24) is 4.74 Å². The van der Waals surface area contributed by atoms with Crippen LogP contribution in [-0.2, 0) is 11.8 Å². The molecule has 7 heteroatoms. The topological polar surface area (TPSA) is 64.2 Å². The molecule has 1 atom stereocenters. The fraction of sp³-hybridized carbons (Fsp3) is 0.294. The summed E-state index contributed by atoms with van der Waals surface area (Å²) in [5.74, 6) is -0.242. The Hall–Kier alpha value is -1.90. The van der Waals surface area contributed by atoms with E-state index in [2.05, 4.69) is 5.32 Å². The minimum Gasteiger partial charge on any atom is -0.342 e. The molecule has 24 heavy (non-hydrogen) atoms. The van der Waals surface area contributed by atoms with Gasteiger partial charge >= 0.3 is 5.63 Å². The summed E-state index contributed by atoms with van der Waals surface area (Å²) in [6, 6.07) is 4.70.